The Morgan fingerprint density at radius 2 is 1.19 bits per heavy atom. The Hall–Kier alpha value is -3.22. The van der Waals surface area contributed by atoms with Crippen molar-refractivity contribution in [1.29, 1.82) is 0 Å². The number of nitrogens with two attached hydrogens (primary N) is 2. The van der Waals surface area contributed by atoms with Crippen molar-refractivity contribution in [3.8, 4) is 17.2 Å². The lowest BCUT2D eigenvalue weighted by Gasteiger charge is -2.22. The number of ketones is 2. The molecule has 2 aromatic rings. The molecule has 1 aliphatic rings. The van der Waals surface area contributed by atoms with Crippen LogP contribution in [-0.2, 0) is 0 Å². The van der Waals surface area contributed by atoms with Crippen molar-refractivity contribution >= 4 is 22.9 Å². The maximum absolute atomic E-state index is 12.5. The minimum atomic E-state index is -0.784. The number of rotatable bonds is 0. The highest BCUT2D eigenvalue weighted by Gasteiger charge is 2.38. The molecule has 7 nitrogen and oxygen atoms in total. The van der Waals surface area contributed by atoms with E-state index in [2.05, 4.69) is 0 Å². The van der Waals surface area contributed by atoms with Crippen molar-refractivity contribution in [2.45, 2.75) is 0 Å². The molecule has 0 bridgehead atoms. The van der Waals surface area contributed by atoms with Crippen molar-refractivity contribution < 1.29 is 24.9 Å². The zero-order chi connectivity index (χ0) is 15.5. The maximum Gasteiger partial charge on any atom is 0.200 e. The summed E-state index contributed by atoms with van der Waals surface area (Å²) in [5, 5.41) is 29.2. The highest BCUT2D eigenvalue weighted by atomic mass is 16.3. The van der Waals surface area contributed by atoms with Crippen LogP contribution in [0, 0.1) is 0 Å². The summed E-state index contributed by atoms with van der Waals surface area (Å²) in [6.45, 7) is 0. The van der Waals surface area contributed by atoms with Gasteiger partial charge in [0.25, 0.3) is 0 Å². The number of phenols is 3. The molecule has 3 rings (SSSR count). The number of phenolic OH excluding ortho intramolecular Hbond substituents is 3. The first-order chi connectivity index (χ1) is 9.84. The van der Waals surface area contributed by atoms with E-state index in [1.165, 1.54) is 12.1 Å². The Morgan fingerprint density at radius 3 is 1.71 bits per heavy atom. The van der Waals surface area contributed by atoms with Crippen LogP contribution in [0.5, 0.6) is 17.2 Å². The third-order valence-electron chi connectivity index (χ3n) is 3.44. The second-order valence-corrected chi connectivity index (χ2v) is 4.67. The fourth-order valence-electron chi connectivity index (χ4n) is 2.47. The van der Waals surface area contributed by atoms with E-state index >= 15 is 0 Å². The summed E-state index contributed by atoms with van der Waals surface area (Å²) in [5.74, 6) is -3.64. The van der Waals surface area contributed by atoms with Crippen LogP contribution in [0.15, 0.2) is 18.2 Å². The molecule has 0 saturated carbocycles. The quantitative estimate of drug-likeness (QED) is 0.232. The van der Waals surface area contributed by atoms with Gasteiger partial charge < -0.3 is 26.8 Å². The molecule has 106 valence electrons. The number of benzene rings is 2. The normalized spacial score (nSPS) is 13.0. The Kier molecular flexibility index (Phi) is 2.37. The van der Waals surface area contributed by atoms with Crippen molar-refractivity contribution in [2.24, 2.45) is 0 Å². The summed E-state index contributed by atoms with van der Waals surface area (Å²) in [7, 11) is 0. The number of carbonyl (C=O) groups is 2. The molecule has 0 saturated heterocycles. The molecule has 0 unspecified atom stereocenters. The van der Waals surface area contributed by atoms with Gasteiger partial charge in [-0.05, 0) is 12.1 Å². The number of anilines is 2. The average Bonchev–Trinajstić information content (AvgIpc) is 2.42. The van der Waals surface area contributed by atoms with Gasteiger partial charge in [-0.25, -0.2) is 0 Å². The number of nitrogen functional groups attached to an aromatic ring is 2. The second-order valence-electron chi connectivity index (χ2n) is 4.67. The van der Waals surface area contributed by atoms with Crippen molar-refractivity contribution in [3.05, 3.63) is 40.5 Å². The van der Waals surface area contributed by atoms with Gasteiger partial charge in [0.1, 0.15) is 5.75 Å². The van der Waals surface area contributed by atoms with Gasteiger partial charge in [0.2, 0.25) is 11.6 Å². The fourth-order valence-corrected chi connectivity index (χ4v) is 2.47. The Bertz CT molecular complexity index is 842. The predicted octanol–water partition coefficient (Wildman–Crippen LogP) is 0.743. The summed E-state index contributed by atoms with van der Waals surface area (Å²) in [6.07, 6.45) is 0. The molecule has 1 aliphatic carbocycles. The van der Waals surface area contributed by atoms with Crippen LogP contribution in [0.1, 0.15) is 31.8 Å². The summed E-state index contributed by atoms with van der Waals surface area (Å²) < 4.78 is 0. The Balaban J connectivity index is 2.47. The van der Waals surface area contributed by atoms with E-state index in [0.29, 0.717) is 0 Å². The summed E-state index contributed by atoms with van der Waals surface area (Å²) in [6, 6.07) is 3.53. The van der Waals surface area contributed by atoms with E-state index in [4.69, 9.17) is 11.5 Å². The first kappa shape index (κ1) is 12.8. The van der Waals surface area contributed by atoms with Gasteiger partial charge in [-0.1, -0.05) is 0 Å². The molecule has 0 spiro atoms. The number of carbonyl (C=O) groups excluding carboxylic acids is 2. The zero-order valence-corrected chi connectivity index (χ0v) is 10.5. The molecule has 0 aliphatic heterocycles. The van der Waals surface area contributed by atoms with E-state index < -0.39 is 39.9 Å². The Morgan fingerprint density at radius 1 is 0.714 bits per heavy atom. The van der Waals surface area contributed by atoms with Gasteiger partial charge in [0, 0.05) is 17.4 Å². The van der Waals surface area contributed by atoms with Crippen molar-refractivity contribution in [2.75, 3.05) is 11.5 Å². The van der Waals surface area contributed by atoms with E-state index in [1.54, 1.807) is 0 Å². The lowest BCUT2D eigenvalue weighted by atomic mass is 9.81. The van der Waals surface area contributed by atoms with Gasteiger partial charge >= 0.3 is 0 Å². The molecule has 0 atom stereocenters. The van der Waals surface area contributed by atoms with Gasteiger partial charge in [0.05, 0.1) is 22.3 Å². The smallest absolute Gasteiger partial charge is 0.200 e. The van der Waals surface area contributed by atoms with Crippen LogP contribution in [0.2, 0.25) is 0 Å². The molecular formula is C14H10N2O5. The van der Waals surface area contributed by atoms with Crippen molar-refractivity contribution in [3.63, 3.8) is 0 Å². The lowest BCUT2D eigenvalue weighted by Crippen LogP contribution is -2.24. The van der Waals surface area contributed by atoms with Crippen molar-refractivity contribution in [1.82, 2.24) is 0 Å². The molecule has 0 amide bonds. The second kappa shape index (κ2) is 3.89. The first-order valence-corrected chi connectivity index (χ1v) is 5.89. The minimum absolute atomic E-state index is 0.0189. The van der Waals surface area contributed by atoms with Crippen LogP contribution in [0.3, 0.4) is 0 Å². The molecule has 7 heteroatoms. The van der Waals surface area contributed by atoms with E-state index in [0.717, 1.165) is 6.07 Å². The highest BCUT2D eigenvalue weighted by molar-refractivity contribution is 6.33. The molecule has 7 N–H and O–H groups in total. The topological polar surface area (TPSA) is 147 Å². The van der Waals surface area contributed by atoms with Crippen LogP contribution in [0.4, 0.5) is 11.4 Å². The first-order valence-electron chi connectivity index (χ1n) is 5.89. The summed E-state index contributed by atoms with van der Waals surface area (Å²) >= 11 is 0. The predicted molar refractivity (Wildman–Crippen MR) is 73.6 cm³/mol. The number of aromatic hydroxyl groups is 3. The standard InChI is InChI=1S/C14H10N2O5/c15-4-1-2-5(16)9-8(4)13(20)10-6(17)3-7(18)12(19)11(10)14(9)21/h1-3,17-19H,15-16H2. The fraction of sp³-hybridized carbons (Fsp3) is 0. The van der Waals surface area contributed by atoms with Gasteiger partial charge in [-0.2, -0.15) is 0 Å². The SMILES string of the molecule is Nc1ccc(N)c2c1C(=O)c1c(O)cc(O)c(O)c1C2=O. The van der Waals surface area contributed by atoms with E-state index in [9.17, 15) is 24.9 Å². The van der Waals surface area contributed by atoms with Crippen LogP contribution in [-0.4, -0.2) is 26.9 Å². The van der Waals surface area contributed by atoms with Gasteiger partial charge in [0.15, 0.2) is 11.5 Å². The maximum atomic E-state index is 12.5. The van der Waals surface area contributed by atoms with Gasteiger partial charge in [-0.3, -0.25) is 9.59 Å². The Labute approximate surface area is 118 Å². The van der Waals surface area contributed by atoms with Crippen LogP contribution < -0.4 is 11.5 Å². The number of fused-ring (bicyclic) bond motifs is 2. The largest absolute Gasteiger partial charge is 0.507 e. The number of hydrogen-bond donors (Lipinski definition) is 5. The summed E-state index contributed by atoms with van der Waals surface area (Å²) in [4.78, 5) is 25.0. The molecule has 21 heavy (non-hydrogen) atoms. The van der Waals surface area contributed by atoms with Gasteiger partial charge in [-0.15, -0.1) is 0 Å². The molecule has 0 radical (unpaired) electrons. The molecular weight excluding hydrogens is 276 g/mol. The third-order valence-corrected chi connectivity index (χ3v) is 3.44. The molecule has 2 aromatic carbocycles. The lowest BCUT2D eigenvalue weighted by molar-refractivity contribution is 0.0975. The molecule has 0 heterocycles. The van der Waals surface area contributed by atoms with Crippen LogP contribution in [0.25, 0.3) is 0 Å². The zero-order valence-electron chi connectivity index (χ0n) is 10.5. The highest BCUT2D eigenvalue weighted by Crippen LogP contribution is 2.44. The third kappa shape index (κ3) is 1.48. The van der Waals surface area contributed by atoms with E-state index in [-0.39, 0.29) is 22.5 Å². The average molecular weight is 286 g/mol. The monoisotopic (exact) mass is 286 g/mol. The van der Waals surface area contributed by atoms with E-state index in [1.807, 2.05) is 0 Å². The molecule has 0 fully saturated rings. The van der Waals surface area contributed by atoms with Crippen LogP contribution >= 0.6 is 0 Å². The minimum Gasteiger partial charge on any atom is -0.507 e. The molecule has 0 aromatic heterocycles. The number of hydrogen-bond acceptors (Lipinski definition) is 7. The summed E-state index contributed by atoms with van der Waals surface area (Å²) in [5.41, 5.74) is 10.3.